The van der Waals surface area contributed by atoms with Crippen LogP contribution in [0.5, 0.6) is 0 Å². The molecular formula is C16H19NO4. The second-order valence-electron chi connectivity index (χ2n) is 5.47. The van der Waals surface area contributed by atoms with Gasteiger partial charge in [0.2, 0.25) is 0 Å². The van der Waals surface area contributed by atoms with E-state index in [1.165, 1.54) is 4.90 Å². The number of amides is 1. The lowest BCUT2D eigenvalue weighted by Crippen LogP contribution is -2.31. The first-order valence-electron chi connectivity index (χ1n) is 7.11. The Morgan fingerprint density at radius 1 is 1.14 bits per heavy atom. The molecule has 1 aromatic carbocycles. The molecule has 0 saturated carbocycles. The lowest BCUT2D eigenvalue weighted by molar-refractivity contribution is -0.137. The molecule has 0 aromatic heterocycles. The zero-order valence-electron chi connectivity index (χ0n) is 12.3. The fraction of sp³-hybridized carbons (Fsp3) is 0.438. The van der Waals surface area contributed by atoms with Gasteiger partial charge in [-0.3, -0.25) is 14.4 Å². The van der Waals surface area contributed by atoms with Crippen molar-refractivity contribution in [1.29, 1.82) is 0 Å². The Labute approximate surface area is 123 Å². The van der Waals surface area contributed by atoms with Gasteiger partial charge in [-0.05, 0) is 43.9 Å². The quantitative estimate of drug-likeness (QED) is 0.645. The summed E-state index contributed by atoms with van der Waals surface area (Å²) >= 11 is 0. The standard InChI is InChI=1S/C16H19NO4/c1-10-8-11(2)14-12(9-10)15(20)16(21)17(14)7-5-3-4-6-13(18)19/h8-9H,3-7H2,1-2H3,(H,18,19). The van der Waals surface area contributed by atoms with Crippen LogP contribution in [0.25, 0.3) is 0 Å². The molecular weight excluding hydrogens is 270 g/mol. The van der Waals surface area contributed by atoms with Gasteiger partial charge in [0.1, 0.15) is 0 Å². The van der Waals surface area contributed by atoms with Gasteiger partial charge in [-0.15, -0.1) is 0 Å². The molecule has 1 aromatic rings. The summed E-state index contributed by atoms with van der Waals surface area (Å²) in [5.74, 6) is -1.72. The van der Waals surface area contributed by atoms with Gasteiger partial charge in [-0.1, -0.05) is 12.5 Å². The highest BCUT2D eigenvalue weighted by Gasteiger charge is 2.36. The van der Waals surface area contributed by atoms with Gasteiger partial charge in [0.25, 0.3) is 11.7 Å². The molecule has 21 heavy (non-hydrogen) atoms. The molecule has 2 rings (SSSR count). The van der Waals surface area contributed by atoms with Crippen molar-refractivity contribution in [3.63, 3.8) is 0 Å². The molecule has 1 N–H and O–H groups in total. The van der Waals surface area contributed by atoms with Crippen LogP contribution in [0.1, 0.15) is 47.2 Å². The predicted octanol–water partition coefficient (Wildman–Crippen LogP) is 2.48. The third kappa shape index (κ3) is 3.12. The van der Waals surface area contributed by atoms with Crippen LogP contribution in [0.15, 0.2) is 12.1 Å². The minimum atomic E-state index is -0.806. The Kier molecular flexibility index (Phi) is 4.40. The summed E-state index contributed by atoms with van der Waals surface area (Å²) in [6, 6.07) is 3.72. The molecule has 1 aliphatic heterocycles. The van der Waals surface area contributed by atoms with Crippen molar-refractivity contribution in [2.45, 2.75) is 39.5 Å². The number of unbranched alkanes of at least 4 members (excludes halogenated alkanes) is 2. The van der Waals surface area contributed by atoms with E-state index in [2.05, 4.69) is 0 Å². The van der Waals surface area contributed by atoms with Crippen LogP contribution in [0.2, 0.25) is 0 Å². The van der Waals surface area contributed by atoms with E-state index in [0.29, 0.717) is 30.6 Å². The van der Waals surface area contributed by atoms with Crippen LogP contribution in [0, 0.1) is 13.8 Å². The maximum Gasteiger partial charge on any atom is 0.303 e. The second-order valence-corrected chi connectivity index (χ2v) is 5.47. The Balaban J connectivity index is 2.07. The smallest absolute Gasteiger partial charge is 0.303 e. The van der Waals surface area contributed by atoms with Crippen molar-refractivity contribution in [3.05, 3.63) is 28.8 Å². The minimum absolute atomic E-state index is 0.141. The number of nitrogens with zero attached hydrogens (tertiary/aromatic N) is 1. The third-order valence-electron chi connectivity index (χ3n) is 3.67. The van der Waals surface area contributed by atoms with Crippen molar-refractivity contribution < 1.29 is 19.5 Å². The van der Waals surface area contributed by atoms with Gasteiger partial charge in [0, 0.05) is 13.0 Å². The molecule has 0 radical (unpaired) electrons. The van der Waals surface area contributed by atoms with E-state index < -0.39 is 17.7 Å². The minimum Gasteiger partial charge on any atom is -0.481 e. The number of hydrogen-bond donors (Lipinski definition) is 1. The number of hydrogen-bond acceptors (Lipinski definition) is 3. The number of ketones is 1. The monoisotopic (exact) mass is 289 g/mol. The van der Waals surface area contributed by atoms with E-state index in [9.17, 15) is 14.4 Å². The summed E-state index contributed by atoms with van der Waals surface area (Å²) in [6.07, 6.45) is 2.15. The molecule has 1 heterocycles. The number of aliphatic carboxylic acids is 1. The molecule has 0 aliphatic carbocycles. The molecule has 0 saturated heterocycles. The Bertz CT molecular complexity index is 607. The van der Waals surface area contributed by atoms with Gasteiger partial charge in [0.15, 0.2) is 0 Å². The topological polar surface area (TPSA) is 74.7 Å². The Morgan fingerprint density at radius 3 is 2.52 bits per heavy atom. The maximum absolute atomic E-state index is 12.1. The first-order valence-corrected chi connectivity index (χ1v) is 7.11. The highest BCUT2D eigenvalue weighted by atomic mass is 16.4. The highest BCUT2D eigenvalue weighted by Crippen LogP contribution is 2.33. The molecule has 112 valence electrons. The van der Waals surface area contributed by atoms with E-state index >= 15 is 0 Å². The molecule has 0 spiro atoms. The zero-order chi connectivity index (χ0) is 15.6. The number of rotatable bonds is 6. The van der Waals surface area contributed by atoms with E-state index in [1.807, 2.05) is 19.9 Å². The second kappa shape index (κ2) is 6.08. The number of fused-ring (bicyclic) bond motifs is 1. The number of carbonyl (C=O) groups excluding carboxylic acids is 2. The van der Waals surface area contributed by atoms with Gasteiger partial charge in [-0.25, -0.2) is 0 Å². The average molecular weight is 289 g/mol. The largest absolute Gasteiger partial charge is 0.481 e. The number of anilines is 1. The molecule has 1 aliphatic rings. The normalized spacial score (nSPS) is 13.7. The number of aryl methyl sites for hydroxylation is 2. The number of carboxylic acid groups (broad SMARTS) is 1. The van der Waals surface area contributed by atoms with Crippen LogP contribution in [-0.2, 0) is 9.59 Å². The van der Waals surface area contributed by atoms with Gasteiger partial charge in [0.05, 0.1) is 11.3 Å². The number of Topliss-reactive ketones (excluding diaryl/α,β-unsaturated/α-hetero) is 1. The van der Waals surface area contributed by atoms with Crippen molar-refractivity contribution in [3.8, 4) is 0 Å². The number of carbonyl (C=O) groups is 3. The zero-order valence-corrected chi connectivity index (χ0v) is 12.3. The first kappa shape index (κ1) is 15.2. The highest BCUT2D eigenvalue weighted by molar-refractivity contribution is 6.52. The van der Waals surface area contributed by atoms with Crippen molar-refractivity contribution >= 4 is 23.3 Å². The first-order chi connectivity index (χ1) is 9.91. The number of carboxylic acids is 1. The number of benzene rings is 1. The lowest BCUT2D eigenvalue weighted by atomic mass is 10.0. The third-order valence-corrected chi connectivity index (χ3v) is 3.67. The maximum atomic E-state index is 12.1. The van der Waals surface area contributed by atoms with E-state index in [4.69, 9.17) is 5.11 Å². The summed E-state index contributed by atoms with van der Waals surface area (Å²) in [4.78, 5) is 36.1. The van der Waals surface area contributed by atoms with Crippen LogP contribution in [-0.4, -0.2) is 29.3 Å². The molecule has 0 bridgehead atoms. The van der Waals surface area contributed by atoms with Crippen molar-refractivity contribution in [2.24, 2.45) is 0 Å². The van der Waals surface area contributed by atoms with Crippen molar-refractivity contribution in [2.75, 3.05) is 11.4 Å². The Morgan fingerprint density at radius 2 is 1.86 bits per heavy atom. The molecule has 0 atom stereocenters. The van der Waals surface area contributed by atoms with Crippen LogP contribution in [0.3, 0.4) is 0 Å². The van der Waals surface area contributed by atoms with E-state index in [0.717, 1.165) is 17.5 Å². The molecule has 0 unspecified atom stereocenters. The predicted molar refractivity (Wildman–Crippen MR) is 78.7 cm³/mol. The fourth-order valence-corrected chi connectivity index (χ4v) is 2.77. The fourth-order valence-electron chi connectivity index (χ4n) is 2.77. The summed E-state index contributed by atoms with van der Waals surface area (Å²) in [7, 11) is 0. The van der Waals surface area contributed by atoms with E-state index in [1.54, 1.807) is 6.07 Å². The summed E-state index contributed by atoms with van der Waals surface area (Å²) in [5, 5.41) is 8.58. The lowest BCUT2D eigenvalue weighted by Gasteiger charge is -2.18. The average Bonchev–Trinajstić information content (AvgIpc) is 2.63. The molecule has 5 heteroatoms. The summed E-state index contributed by atoms with van der Waals surface area (Å²) < 4.78 is 0. The van der Waals surface area contributed by atoms with Gasteiger partial charge < -0.3 is 10.0 Å². The van der Waals surface area contributed by atoms with Crippen LogP contribution in [0.4, 0.5) is 5.69 Å². The van der Waals surface area contributed by atoms with Crippen LogP contribution < -0.4 is 4.90 Å². The van der Waals surface area contributed by atoms with Gasteiger partial charge in [-0.2, -0.15) is 0 Å². The van der Waals surface area contributed by atoms with Crippen molar-refractivity contribution in [1.82, 2.24) is 0 Å². The van der Waals surface area contributed by atoms with Crippen LogP contribution >= 0.6 is 0 Å². The molecule has 5 nitrogen and oxygen atoms in total. The Hall–Kier alpha value is -2.17. The SMILES string of the molecule is Cc1cc(C)c2c(c1)C(=O)C(=O)N2CCCCCC(=O)O. The summed E-state index contributed by atoms with van der Waals surface area (Å²) in [5.41, 5.74) is 3.10. The molecule has 0 fully saturated rings. The summed E-state index contributed by atoms with van der Waals surface area (Å²) in [6.45, 7) is 4.26. The molecule has 1 amide bonds. The van der Waals surface area contributed by atoms with E-state index in [-0.39, 0.29) is 6.42 Å². The van der Waals surface area contributed by atoms with Gasteiger partial charge >= 0.3 is 5.97 Å².